The van der Waals surface area contributed by atoms with Gasteiger partial charge in [0.25, 0.3) is 0 Å². The van der Waals surface area contributed by atoms with Gasteiger partial charge in [-0.3, -0.25) is 4.79 Å². The zero-order chi connectivity index (χ0) is 14.5. The Hall–Kier alpha value is -2.07. The largest absolute Gasteiger partial charge is 0.497 e. The van der Waals surface area contributed by atoms with E-state index in [1.54, 1.807) is 19.1 Å². The van der Waals surface area contributed by atoms with Crippen LogP contribution >= 0.6 is 0 Å². The number of nitrogens with one attached hydrogen (secondary N) is 1. The third-order valence-corrected chi connectivity index (χ3v) is 3.29. The molecule has 0 aliphatic heterocycles. The van der Waals surface area contributed by atoms with Crippen molar-refractivity contribution in [1.82, 2.24) is 10.2 Å². The molecule has 0 fully saturated rings. The number of carbonyl (C=O) groups is 1. The Labute approximate surface area is 119 Å². The van der Waals surface area contributed by atoms with E-state index in [1.807, 2.05) is 31.3 Å². The summed E-state index contributed by atoms with van der Waals surface area (Å²) in [5, 5.41) is 5.16. The average Bonchev–Trinajstić information content (AvgIpc) is 2.46. The van der Waals surface area contributed by atoms with E-state index in [-0.39, 0.29) is 5.91 Å². The molecule has 2 aromatic carbocycles. The highest BCUT2D eigenvalue weighted by molar-refractivity contribution is 5.84. The van der Waals surface area contributed by atoms with Crippen LogP contribution in [0.2, 0.25) is 0 Å². The second-order valence-corrected chi connectivity index (χ2v) is 4.83. The molecule has 0 atom stereocenters. The molecular formula is C16H20N2O2. The fourth-order valence-electron chi connectivity index (χ4n) is 2.15. The molecular weight excluding hydrogens is 252 g/mol. The van der Waals surface area contributed by atoms with Crippen molar-refractivity contribution < 1.29 is 9.53 Å². The van der Waals surface area contributed by atoms with Crippen LogP contribution in [0.5, 0.6) is 5.75 Å². The molecule has 4 nitrogen and oxygen atoms in total. The summed E-state index contributed by atoms with van der Waals surface area (Å²) in [6.07, 6.45) is 0. The van der Waals surface area contributed by atoms with Gasteiger partial charge >= 0.3 is 0 Å². The minimum atomic E-state index is 0.0855. The predicted octanol–water partition coefficient (Wildman–Crippen LogP) is 2.03. The van der Waals surface area contributed by atoms with E-state index in [2.05, 4.69) is 17.4 Å². The fraction of sp³-hybridized carbons (Fsp3) is 0.312. The van der Waals surface area contributed by atoms with Gasteiger partial charge in [0.1, 0.15) is 5.75 Å². The Morgan fingerprint density at radius 1 is 1.20 bits per heavy atom. The van der Waals surface area contributed by atoms with Gasteiger partial charge in [-0.1, -0.05) is 18.2 Å². The number of ether oxygens (including phenoxy) is 1. The number of methoxy groups -OCH3 is 1. The van der Waals surface area contributed by atoms with Gasteiger partial charge in [-0.2, -0.15) is 0 Å². The molecule has 0 unspecified atom stereocenters. The van der Waals surface area contributed by atoms with Crippen molar-refractivity contribution in [2.75, 3.05) is 27.7 Å². The van der Waals surface area contributed by atoms with Crippen molar-refractivity contribution in [3.05, 3.63) is 42.0 Å². The molecule has 0 saturated heterocycles. The van der Waals surface area contributed by atoms with E-state index in [9.17, 15) is 4.79 Å². The van der Waals surface area contributed by atoms with Crippen molar-refractivity contribution >= 4 is 16.7 Å². The maximum Gasteiger partial charge on any atom is 0.236 e. The number of amides is 1. The van der Waals surface area contributed by atoms with Crippen LogP contribution in [-0.4, -0.2) is 38.6 Å². The van der Waals surface area contributed by atoms with Gasteiger partial charge in [-0.05, 0) is 41.6 Å². The summed E-state index contributed by atoms with van der Waals surface area (Å²) in [5.74, 6) is 0.939. The smallest absolute Gasteiger partial charge is 0.236 e. The first-order chi connectivity index (χ1) is 9.63. The van der Waals surface area contributed by atoms with Gasteiger partial charge in [0.05, 0.1) is 13.7 Å². The molecule has 0 radical (unpaired) electrons. The lowest BCUT2D eigenvalue weighted by Crippen LogP contribution is -2.33. The number of likely N-dealkylation sites (N-methyl/N-ethyl adjacent to an activating group) is 2. The zero-order valence-electron chi connectivity index (χ0n) is 12.1. The number of hydrogen-bond donors (Lipinski definition) is 1. The molecule has 2 aromatic rings. The van der Waals surface area contributed by atoms with Crippen molar-refractivity contribution in [2.45, 2.75) is 6.54 Å². The van der Waals surface area contributed by atoms with E-state index in [0.29, 0.717) is 13.1 Å². The molecule has 106 valence electrons. The summed E-state index contributed by atoms with van der Waals surface area (Å²) in [4.78, 5) is 13.5. The number of benzene rings is 2. The maximum absolute atomic E-state index is 11.7. The van der Waals surface area contributed by atoms with Crippen molar-refractivity contribution in [3.63, 3.8) is 0 Å². The molecule has 20 heavy (non-hydrogen) atoms. The number of hydrogen-bond acceptors (Lipinski definition) is 3. The summed E-state index contributed by atoms with van der Waals surface area (Å²) < 4.78 is 5.22. The van der Waals surface area contributed by atoms with E-state index in [1.165, 1.54) is 0 Å². The summed E-state index contributed by atoms with van der Waals surface area (Å²) in [7, 11) is 5.25. The van der Waals surface area contributed by atoms with Crippen molar-refractivity contribution in [1.29, 1.82) is 0 Å². The molecule has 0 aromatic heterocycles. The normalized spacial score (nSPS) is 10.6. The first kappa shape index (κ1) is 14.3. The van der Waals surface area contributed by atoms with Crippen LogP contribution in [0.25, 0.3) is 10.8 Å². The molecule has 0 saturated carbocycles. The Kier molecular flexibility index (Phi) is 4.58. The Morgan fingerprint density at radius 3 is 2.60 bits per heavy atom. The van der Waals surface area contributed by atoms with Crippen LogP contribution in [0.15, 0.2) is 36.4 Å². The van der Waals surface area contributed by atoms with Crippen molar-refractivity contribution in [2.24, 2.45) is 0 Å². The first-order valence-corrected chi connectivity index (χ1v) is 6.59. The Morgan fingerprint density at radius 2 is 1.90 bits per heavy atom. The number of fused-ring (bicyclic) bond motifs is 1. The Bertz CT molecular complexity index is 610. The van der Waals surface area contributed by atoms with E-state index < -0.39 is 0 Å². The minimum Gasteiger partial charge on any atom is -0.497 e. The molecule has 0 aliphatic carbocycles. The monoisotopic (exact) mass is 272 g/mol. The molecule has 1 amide bonds. The second-order valence-electron chi connectivity index (χ2n) is 4.83. The lowest BCUT2D eigenvalue weighted by atomic mass is 10.1. The Balaban J connectivity index is 2.17. The molecule has 2 rings (SSSR count). The van der Waals surface area contributed by atoms with E-state index in [4.69, 9.17) is 4.74 Å². The highest BCUT2D eigenvalue weighted by Gasteiger charge is 2.08. The van der Waals surface area contributed by atoms with Gasteiger partial charge in [0, 0.05) is 13.6 Å². The van der Waals surface area contributed by atoms with Crippen LogP contribution in [0.1, 0.15) is 5.56 Å². The van der Waals surface area contributed by atoms with Crippen LogP contribution in [-0.2, 0) is 11.3 Å². The molecule has 0 bridgehead atoms. The lowest BCUT2D eigenvalue weighted by molar-refractivity contribution is -0.129. The van der Waals surface area contributed by atoms with Gasteiger partial charge in [-0.25, -0.2) is 0 Å². The SMILES string of the molecule is CNCC(=O)N(C)Cc1ccc2cc(OC)ccc2c1. The van der Waals surface area contributed by atoms with Crippen LogP contribution < -0.4 is 10.1 Å². The van der Waals surface area contributed by atoms with Gasteiger partial charge in [0.2, 0.25) is 5.91 Å². The third kappa shape index (κ3) is 3.27. The number of carbonyl (C=O) groups excluding carboxylic acids is 1. The molecule has 1 N–H and O–H groups in total. The lowest BCUT2D eigenvalue weighted by Gasteiger charge is -2.17. The summed E-state index contributed by atoms with van der Waals surface area (Å²) in [6.45, 7) is 0.976. The van der Waals surface area contributed by atoms with Crippen molar-refractivity contribution in [3.8, 4) is 5.75 Å². The van der Waals surface area contributed by atoms with Crippen LogP contribution in [0.4, 0.5) is 0 Å². The van der Waals surface area contributed by atoms with Crippen LogP contribution in [0, 0.1) is 0 Å². The van der Waals surface area contributed by atoms with Gasteiger partial charge in [-0.15, -0.1) is 0 Å². The molecule has 4 heteroatoms. The summed E-state index contributed by atoms with van der Waals surface area (Å²) in [6, 6.07) is 12.2. The number of nitrogens with zero attached hydrogens (tertiary/aromatic N) is 1. The van der Waals surface area contributed by atoms with E-state index in [0.717, 1.165) is 22.1 Å². The second kappa shape index (κ2) is 6.39. The fourth-order valence-corrected chi connectivity index (χ4v) is 2.15. The number of rotatable bonds is 5. The third-order valence-electron chi connectivity index (χ3n) is 3.29. The molecule has 0 aliphatic rings. The molecule has 0 spiro atoms. The topological polar surface area (TPSA) is 41.6 Å². The average molecular weight is 272 g/mol. The quantitative estimate of drug-likeness (QED) is 0.905. The highest BCUT2D eigenvalue weighted by atomic mass is 16.5. The maximum atomic E-state index is 11.7. The highest BCUT2D eigenvalue weighted by Crippen LogP contribution is 2.22. The molecule has 0 heterocycles. The predicted molar refractivity (Wildman–Crippen MR) is 80.9 cm³/mol. The standard InChI is InChI=1S/C16H20N2O2/c1-17-10-16(19)18(2)11-12-4-5-14-9-15(20-3)7-6-13(14)8-12/h4-9,17H,10-11H2,1-3H3. The van der Waals surface area contributed by atoms with Crippen LogP contribution in [0.3, 0.4) is 0 Å². The zero-order valence-corrected chi connectivity index (χ0v) is 12.1. The summed E-state index contributed by atoms with van der Waals surface area (Å²) >= 11 is 0. The van der Waals surface area contributed by atoms with E-state index >= 15 is 0 Å². The van der Waals surface area contributed by atoms with Gasteiger partial charge in [0.15, 0.2) is 0 Å². The van der Waals surface area contributed by atoms with Gasteiger partial charge < -0.3 is 15.0 Å². The minimum absolute atomic E-state index is 0.0855. The first-order valence-electron chi connectivity index (χ1n) is 6.59. The summed E-state index contributed by atoms with van der Waals surface area (Å²) in [5.41, 5.74) is 1.12.